The lowest BCUT2D eigenvalue weighted by atomic mass is 10.00. The predicted octanol–water partition coefficient (Wildman–Crippen LogP) is 2.71. The second kappa shape index (κ2) is 5.89. The number of carbonyl (C=O) groups is 2. The van der Waals surface area contributed by atoms with Crippen molar-refractivity contribution < 1.29 is 14.7 Å². The lowest BCUT2D eigenvalue weighted by Gasteiger charge is -2.16. The highest BCUT2D eigenvalue weighted by Gasteiger charge is 2.32. The molecule has 1 saturated carbocycles. The molecule has 124 valence electrons. The number of carbonyl (C=O) groups excluding carboxylic acids is 1. The first-order chi connectivity index (χ1) is 11.6. The molecule has 0 radical (unpaired) electrons. The van der Waals surface area contributed by atoms with Gasteiger partial charge in [0.25, 0.3) is 5.91 Å². The van der Waals surface area contributed by atoms with Crippen LogP contribution < -0.4 is 5.32 Å². The van der Waals surface area contributed by atoms with Crippen molar-refractivity contribution in [2.45, 2.75) is 44.6 Å². The second-order valence-corrected chi connectivity index (χ2v) is 6.80. The lowest BCUT2D eigenvalue weighted by molar-refractivity contribution is -0.141. The third-order valence-corrected chi connectivity index (χ3v) is 5.26. The van der Waals surface area contributed by atoms with Gasteiger partial charge in [-0.3, -0.25) is 14.6 Å². The Morgan fingerprint density at radius 1 is 1.17 bits per heavy atom. The molecule has 2 atom stereocenters. The summed E-state index contributed by atoms with van der Waals surface area (Å²) in [7, 11) is 0. The van der Waals surface area contributed by atoms with Gasteiger partial charge in [-0.05, 0) is 50.2 Å². The van der Waals surface area contributed by atoms with Gasteiger partial charge in [0.05, 0.1) is 17.0 Å². The Bertz CT molecular complexity index is 831. The van der Waals surface area contributed by atoms with Crippen molar-refractivity contribution in [3.05, 3.63) is 41.1 Å². The molecule has 1 amide bonds. The molecule has 4 rings (SSSR count). The zero-order valence-corrected chi connectivity index (χ0v) is 13.4. The minimum atomic E-state index is -0.762. The van der Waals surface area contributed by atoms with Gasteiger partial charge in [0.1, 0.15) is 0 Å². The largest absolute Gasteiger partial charge is 0.481 e. The van der Waals surface area contributed by atoms with Crippen molar-refractivity contribution >= 4 is 22.8 Å². The Kier molecular flexibility index (Phi) is 3.71. The third-order valence-electron chi connectivity index (χ3n) is 5.26. The minimum Gasteiger partial charge on any atom is -0.481 e. The van der Waals surface area contributed by atoms with Crippen LogP contribution in [0.3, 0.4) is 0 Å². The first kappa shape index (κ1) is 15.1. The molecule has 1 aromatic carbocycles. The van der Waals surface area contributed by atoms with Gasteiger partial charge >= 0.3 is 5.97 Å². The van der Waals surface area contributed by atoms with Crippen LogP contribution in [0, 0.1) is 5.92 Å². The number of hydrogen-bond donors (Lipinski definition) is 2. The summed E-state index contributed by atoms with van der Waals surface area (Å²) in [5, 5.41) is 13.1. The lowest BCUT2D eigenvalue weighted by Crippen LogP contribution is -2.34. The Labute approximate surface area is 140 Å². The topological polar surface area (TPSA) is 79.3 Å². The van der Waals surface area contributed by atoms with Crippen LogP contribution in [0.1, 0.15) is 47.3 Å². The predicted molar refractivity (Wildman–Crippen MR) is 90.0 cm³/mol. The van der Waals surface area contributed by atoms with Gasteiger partial charge in [-0.2, -0.15) is 0 Å². The number of carboxylic acids is 1. The summed E-state index contributed by atoms with van der Waals surface area (Å²) in [4.78, 5) is 28.8. The maximum atomic E-state index is 13.0. The standard InChI is InChI=1S/C19H20N2O3/c22-18(20-12-9-8-11(10-12)19(23)24)17-13-4-1-2-6-15(13)21-16-7-3-5-14(16)17/h1-2,4,6,11-12H,3,5,7-10H2,(H,20,22)(H,23,24)/t11-,12+/m0/s1. The van der Waals surface area contributed by atoms with Gasteiger partial charge in [0, 0.05) is 17.1 Å². The molecule has 2 aromatic rings. The first-order valence-electron chi connectivity index (χ1n) is 8.57. The number of benzene rings is 1. The van der Waals surface area contributed by atoms with E-state index in [-0.39, 0.29) is 17.9 Å². The number of pyridine rings is 1. The minimum absolute atomic E-state index is 0.0532. The average Bonchev–Trinajstić information content (AvgIpc) is 3.21. The zero-order valence-electron chi connectivity index (χ0n) is 13.4. The maximum absolute atomic E-state index is 13.0. The molecular formula is C19H20N2O3. The molecule has 0 aliphatic heterocycles. The summed E-state index contributed by atoms with van der Waals surface area (Å²) in [5.74, 6) is -1.18. The number of amides is 1. The van der Waals surface area contributed by atoms with Gasteiger partial charge in [-0.25, -0.2) is 0 Å². The molecule has 24 heavy (non-hydrogen) atoms. The monoisotopic (exact) mass is 324 g/mol. The van der Waals surface area contributed by atoms with Crippen molar-refractivity contribution in [1.82, 2.24) is 10.3 Å². The number of aromatic nitrogens is 1. The van der Waals surface area contributed by atoms with E-state index in [1.54, 1.807) is 0 Å². The van der Waals surface area contributed by atoms with Crippen LogP contribution in [0.15, 0.2) is 24.3 Å². The van der Waals surface area contributed by atoms with Crippen molar-refractivity contribution in [2.24, 2.45) is 5.92 Å². The van der Waals surface area contributed by atoms with E-state index in [0.717, 1.165) is 53.4 Å². The number of aryl methyl sites for hydroxylation is 1. The van der Waals surface area contributed by atoms with Gasteiger partial charge in [0.15, 0.2) is 0 Å². The smallest absolute Gasteiger partial charge is 0.306 e. The zero-order chi connectivity index (χ0) is 16.7. The number of hydrogen-bond acceptors (Lipinski definition) is 3. The number of rotatable bonds is 3. The van der Waals surface area contributed by atoms with Gasteiger partial charge in [-0.1, -0.05) is 18.2 Å². The second-order valence-electron chi connectivity index (χ2n) is 6.80. The summed E-state index contributed by atoms with van der Waals surface area (Å²) < 4.78 is 0. The normalized spacial score (nSPS) is 22.5. The summed E-state index contributed by atoms with van der Waals surface area (Å²) in [5.41, 5.74) is 3.71. The number of nitrogens with zero attached hydrogens (tertiary/aromatic N) is 1. The molecular weight excluding hydrogens is 304 g/mol. The number of carboxylic acid groups (broad SMARTS) is 1. The summed E-state index contributed by atoms with van der Waals surface area (Å²) in [6.07, 6.45) is 4.72. The van der Waals surface area contributed by atoms with Crippen LogP contribution in [0.2, 0.25) is 0 Å². The third kappa shape index (κ3) is 2.54. The molecule has 0 bridgehead atoms. The molecule has 5 nitrogen and oxygen atoms in total. The fraction of sp³-hybridized carbons (Fsp3) is 0.421. The SMILES string of the molecule is O=C(N[C@@H]1CC[C@H](C(=O)O)C1)c1c2c(nc3ccccc13)CCC2. The summed E-state index contributed by atoms with van der Waals surface area (Å²) in [6.45, 7) is 0. The molecule has 1 fully saturated rings. The van der Waals surface area contributed by atoms with E-state index < -0.39 is 5.97 Å². The number of nitrogens with one attached hydrogen (secondary N) is 1. The molecule has 2 aliphatic carbocycles. The van der Waals surface area contributed by atoms with E-state index in [4.69, 9.17) is 10.1 Å². The van der Waals surface area contributed by atoms with E-state index in [2.05, 4.69) is 5.32 Å². The maximum Gasteiger partial charge on any atom is 0.306 e. The number of fused-ring (bicyclic) bond motifs is 2. The Morgan fingerprint density at radius 2 is 2.00 bits per heavy atom. The Balaban J connectivity index is 1.66. The van der Waals surface area contributed by atoms with Crippen LogP contribution in [0.25, 0.3) is 10.9 Å². The Morgan fingerprint density at radius 3 is 2.79 bits per heavy atom. The summed E-state index contributed by atoms with van der Waals surface area (Å²) >= 11 is 0. The first-order valence-corrected chi connectivity index (χ1v) is 8.57. The molecule has 0 unspecified atom stereocenters. The Hall–Kier alpha value is -2.43. The van der Waals surface area contributed by atoms with Crippen LogP contribution in [0.5, 0.6) is 0 Å². The van der Waals surface area contributed by atoms with Crippen LogP contribution in [0.4, 0.5) is 0 Å². The molecule has 2 aliphatic rings. The van der Waals surface area contributed by atoms with Gasteiger partial charge in [0.2, 0.25) is 0 Å². The number of para-hydroxylation sites is 1. The van der Waals surface area contributed by atoms with Crippen LogP contribution >= 0.6 is 0 Å². The molecule has 0 saturated heterocycles. The summed E-state index contributed by atoms with van der Waals surface area (Å²) in [6, 6.07) is 7.71. The van der Waals surface area contributed by atoms with Gasteiger partial charge in [-0.15, -0.1) is 0 Å². The van der Waals surface area contributed by atoms with Crippen LogP contribution in [-0.2, 0) is 17.6 Å². The fourth-order valence-electron chi connectivity index (χ4n) is 4.06. The quantitative estimate of drug-likeness (QED) is 0.910. The van der Waals surface area contributed by atoms with Crippen molar-refractivity contribution in [1.29, 1.82) is 0 Å². The van der Waals surface area contributed by atoms with Crippen molar-refractivity contribution in [3.8, 4) is 0 Å². The highest BCUT2D eigenvalue weighted by atomic mass is 16.4. The number of aliphatic carboxylic acids is 1. The molecule has 1 heterocycles. The van der Waals surface area contributed by atoms with E-state index in [9.17, 15) is 9.59 Å². The molecule has 1 aromatic heterocycles. The molecule has 2 N–H and O–H groups in total. The van der Waals surface area contributed by atoms with E-state index in [0.29, 0.717) is 12.8 Å². The van der Waals surface area contributed by atoms with Gasteiger partial charge < -0.3 is 10.4 Å². The molecule has 0 spiro atoms. The average molecular weight is 324 g/mol. The van der Waals surface area contributed by atoms with Crippen molar-refractivity contribution in [2.75, 3.05) is 0 Å². The molecule has 5 heteroatoms. The fourth-order valence-corrected chi connectivity index (χ4v) is 4.06. The van der Waals surface area contributed by atoms with Crippen molar-refractivity contribution in [3.63, 3.8) is 0 Å². The van der Waals surface area contributed by atoms with Crippen LogP contribution in [-0.4, -0.2) is 28.0 Å². The highest BCUT2D eigenvalue weighted by Crippen LogP contribution is 2.31. The highest BCUT2D eigenvalue weighted by molar-refractivity contribution is 6.08. The van der Waals surface area contributed by atoms with E-state index in [1.165, 1.54) is 0 Å². The van der Waals surface area contributed by atoms with E-state index >= 15 is 0 Å². The van der Waals surface area contributed by atoms with E-state index in [1.807, 2.05) is 24.3 Å².